The van der Waals surface area contributed by atoms with E-state index in [0.29, 0.717) is 22.9 Å². The van der Waals surface area contributed by atoms with Crippen LogP contribution in [0.25, 0.3) is 0 Å². The van der Waals surface area contributed by atoms with Gasteiger partial charge in [0.2, 0.25) is 12.5 Å². The largest absolute Gasteiger partial charge is 0.507 e. The van der Waals surface area contributed by atoms with Crippen molar-refractivity contribution in [2.45, 2.75) is 12.6 Å². The first-order valence-electron chi connectivity index (χ1n) is 8.52. The van der Waals surface area contributed by atoms with Gasteiger partial charge in [-0.3, -0.25) is 4.90 Å². The van der Waals surface area contributed by atoms with E-state index in [0.717, 1.165) is 24.1 Å². The number of benzene rings is 2. The van der Waals surface area contributed by atoms with Crippen LogP contribution >= 0.6 is 0 Å². The zero-order chi connectivity index (χ0) is 19.1. The Hall–Kier alpha value is -3.13. The molecule has 2 aromatic carbocycles. The number of likely N-dealkylation sites (N-methyl/N-ethyl adjacent to an activating group) is 1. The second-order valence-corrected chi connectivity index (χ2v) is 6.53. The second-order valence-electron chi connectivity index (χ2n) is 6.53. The van der Waals surface area contributed by atoms with Crippen LogP contribution in [0.1, 0.15) is 27.7 Å². The summed E-state index contributed by atoms with van der Waals surface area (Å²) in [6, 6.07) is 6.40. The number of carboxylic acids is 1. The van der Waals surface area contributed by atoms with Gasteiger partial charge in [0, 0.05) is 17.8 Å². The molecule has 27 heavy (non-hydrogen) atoms. The fourth-order valence-electron chi connectivity index (χ4n) is 3.57. The van der Waals surface area contributed by atoms with Gasteiger partial charge in [0.1, 0.15) is 17.5 Å². The lowest BCUT2D eigenvalue weighted by atomic mass is 9.94. The Morgan fingerprint density at radius 1 is 1.33 bits per heavy atom. The third-order valence-electron chi connectivity index (χ3n) is 4.93. The van der Waals surface area contributed by atoms with Crippen LogP contribution in [0.15, 0.2) is 24.3 Å². The molecule has 0 bridgehead atoms. The van der Waals surface area contributed by atoms with Crippen molar-refractivity contribution in [1.29, 1.82) is 0 Å². The Bertz CT molecular complexity index is 914. The number of aromatic carboxylic acids is 1. The molecule has 0 aliphatic carbocycles. The van der Waals surface area contributed by atoms with Crippen LogP contribution in [-0.4, -0.2) is 48.6 Å². The number of anilines is 1. The summed E-state index contributed by atoms with van der Waals surface area (Å²) in [6.07, 6.45) is 0.567. The molecule has 1 atom stereocenters. The zero-order valence-corrected chi connectivity index (χ0v) is 15.0. The van der Waals surface area contributed by atoms with E-state index < -0.39 is 5.97 Å². The van der Waals surface area contributed by atoms with Gasteiger partial charge in [-0.15, -0.1) is 0 Å². The Balaban J connectivity index is 1.77. The van der Waals surface area contributed by atoms with E-state index >= 15 is 0 Å². The molecule has 2 aliphatic heterocycles. The van der Waals surface area contributed by atoms with Gasteiger partial charge in [0.15, 0.2) is 11.5 Å². The van der Waals surface area contributed by atoms with Crippen molar-refractivity contribution in [3.8, 4) is 23.0 Å². The van der Waals surface area contributed by atoms with Crippen molar-refractivity contribution in [3.63, 3.8) is 0 Å². The van der Waals surface area contributed by atoms with E-state index in [1.54, 1.807) is 13.2 Å². The minimum atomic E-state index is -1.19. The van der Waals surface area contributed by atoms with Gasteiger partial charge in [-0.05, 0) is 43.3 Å². The maximum atomic E-state index is 11.3. The number of ether oxygens (including phenoxy) is 3. The highest BCUT2D eigenvalue weighted by Crippen LogP contribution is 2.49. The Morgan fingerprint density at radius 2 is 2.15 bits per heavy atom. The third kappa shape index (κ3) is 2.87. The lowest BCUT2D eigenvalue weighted by Gasteiger charge is -2.36. The van der Waals surface area contributed by atoms with Gasteiger partial charge in [-0.25, -0.2) is 4.79 Å². The molecule has 2 heterocycles. The third-order valence-corrected chi connectivity index (χ3v) is 4.93. The average molecular weight is 372 g/mol. The summed E-state index contributed by atoms with van der Waals surface area (Å²) in [5.74, 6) is 0.407. The molecule has 142 valence electrons. The monoisotopic (exact) mass is 372 g/mol. The van der Waals surface area contributed by atoms with E-state index in [2.05, 4.69) is 10.2 Å². The number of nitrogens with one attached hydrogen (secondary N) is 1. The SMILES string of the molecule is COc1c2c(cc3c1C(Nc1ccc(O)c(C(=O)O)c1)N(C)CC3)OCO2. The molecule has 1 unspecified atom stereocenters. The van der Waals surface area contributed by atoms with Crippen LogP contribution in [0.4, 0.5) is 5.69 Å². The molecule has 0 amide bonds. The Kier molecular flexibility index (Phi) is 4.19. The molecule has 3 N–H and O–H groups in total. The van der Waals surface area contributed by atoms with Crippen molar-refractivity contribution in [1.82, 2.24) is 4.90 Å². The quantitative estimate of drug-likeness (QED) is 0.704. The number of nitrogens with zero attached hydrogens (tertiary/aromatic N) is 1. The summed E-state index contributed by atoms with van der Waals surface area (Å²) in [5.41, 5.74) is 2.44. The van der Waals surface area contributed by atoms with Gasteiger partial charge < -0.3 is 29.7 Å². The van der Waals surface area contributed by atoms with E-state index in [-0.39, 0.29) is 24.3 Å². The minimum Gasteiger partial charge on any atom is -0.507 e. The number of aromatic hydroxyl groups is 1. The Labute approximate surface area is 155 Å². The molecule has 0 aromatic heterocycles. The number of hydrogen-bond acceptors (Lipinski definition) is 7. The van der Waals surface area contributed by atoms with E-state index in [1.807, 2.05) is 13.1 Å². The standard InChI is InChI=1S/C19H20N2O6/c1-21-6-5-10-7-14-16(27-9-26-14)17(25-2)15(10)18(21)20-11-3-4-13(22)12(8-11)19(23)24/h3-4,7-8,18,20,22H,5-6,9H2,1-2H3,(H,23,24). The number of carboxylic acid groups (broad SMARTS) is 1. The molecule has 2 aliphatic rings. The van der Waals surface area contributed by atoms with Gasteiger partial charge >= 0.3 is 5.97 Å². The molecule has 2 aromatic rings. The first kappa shape index (κ1) is 17.3. The molecule has 0 saturated heterocycles. The normalized spacial score (nSPS) is 18.1. The van der Waals surface area contributed by atoms with Gasteiger partial charge in [-0.1, -0.05) is 0 Å². The van der Waals surface area contributed by atoms with E-state index in [4.69, 9.17) is 14.2 Å². The number of rotatable bonds is 4. The Morgan fingerprint density at radius 3 is 2.89 bits per heavy atom. The minimum absolute atomic E-state index is 0.155. The molecular weight excluding hydrogens is 352 g/mol. The van der Waals surface area contributed by atoms with Crippen molar-refractivity contribution >= 4 is 11.7 Å². The highest BCUT2D eigenvalue weighted by Gasteiger charge is 2.34. The maximum Gasteiger partial charge on any atom is 0.339 e. The second kappa shape index (κ2) is 6.55. The smallest absolute Gasteiger partial charge is 0.339 e. The van der Waals surface area contributed by atoms with Crippen molar-refractivity contribution in [2.24, 2.45) is 0 Å². The number of phenols is 1. The first-order chi connectivity index (χ1) is 13.0. The summed E-state index contributed by atoms with van der Waals surface area (Å²) >= 11 is 0. The lowest BCUT2D eigenvalue weighted by molar-refractivity contribution is 0.0693. The average Bonchev–Trinajstić information content (AvgIpc) is 3.11. The summed E-state index contributed by atoms with van der Waals surface area (Å²) in [7, 11) is 3.56. The molecule has 8 heteroatoms. The van der Waals surface area contributed by atoms with Crippen LogP contribution < -0.4 is 19.5 Å². The highest BCUT2D eigenvalue weighted by atomic mass is 16.7. The summed E-state index contributed by atoms with van der Waals surface area (Å²) in [4.78, 5) is 13.4. The van der Waals surface area contributed by atoms with Crippen LogP contribution in [-0.2, 0) is 6.42 Å². The fourth-order valence-corrected chi connectivity index (χ4v) is 3.57. The number of carbonyl (C=O) groups is 1. The number of methoxy groups -OCH3 is 1. The van der Waals surface area contributed by atoms with Crippen molar-refractivity contribution in [3.05, 3.63) is 41.0 Å². The van der Waals surface area contributed by atoms with Gasteiger partial charge in [-0.2, -0.15) is 0 Å². The summed E-state index contributed by atoms with van der Waals surface area (Å²) < 4.78 is 16.7. The topological polar surface area (TPSA) is 100 Å². The molecule has 4 rings (SSSR count). The molecule has 0 fully saturated rings. The molecule has 0 spiro atoms. The van der Waals surface area contributed by atoms with E-state index in [9.17, 15) is 15.0 Å². The lowest BCUT2D eigenvalue weighted by Crippen LogP contribution is -2.37. The zero-order valence-electron chi connectivity index (χ0n) is 15.0. The number of fused-ring (bicyclic) bond motifs is 2. The molecule has 8 nitrogen and oxygen atoms in total. The van der Waals surface area contributed by atoms with Crippen molar-refractivity contribution in [2.75, 3.05) is 32.8 Å². The highest BCUT2D eigenvalue weighted by molar-refractivity contribution is 5.92. The van der Waals surface area contributed by atoms with Crippen LogP contribution in [0, 0.1) is 0 Å². The van der Waals surface area contributed by atoms with Gasteiger partial charge in [0.25, 0.3) is 0 Å². The predicted octanol–water partition coefficient (Wildman–Crippen LogP) is 2.43. The first-order valence-corrected chi connectivity index (χ1v) is 8.52. The fraction of sp³-hybridized carbons (Fsp3) is 0.316. The number of hydrogen-bond donors (Lipinski definition) is 3. The molecule has 0 saturated carbocycles. The maximum absolute atomic E-state index is 11.3. The van der Waals surface area contributed by atoms with Crippen LogP contribution in [0.5, 0.6) is 23.0 Å². The van der Waals surface area contributed by atoms with Crippen LogP contribution in [0.2, 0.25) is 0 Å². The van der Waals surface area contributed by atoms with E-state index in [1.165, 1.54) is 12.1 Å². The molecular formula is C19H20N2O6. The van der Waals surface area contributed by atoms with Crippen molar-refractivity contribution < 1.29 is 29.2 Å². The summed E-state index contributed by atoms with van der Waals surface area (Å²) in [6.45, 7) is 0.958. The predicted molar refractivity (Wildman–Crippen MR) is 96.9 cm³/mol. The summed E-state index contributed by atoms with van der Waals surface area (Å²) in [5, 5.41) is 22.3. The van der Waals surface area contributed by atoms with Crippen LogP contribution in [0.3, 0.4) is 0 Å². The molecule has 0 radical (unpaired) electrons. The van der Waals surface area contributed by atoms with Gasteiger partial charge in [0.05, 0.1) is 7.11 Å².